The Morgan fingerprint density at radius 1 is 1.42 bits per heavy atom. The Bertz CT molecular complexity index is 423. The predicted molar refractivity (Wildman–Crippen MR) is 80.5 cm³/mol. The summed E-state index contributed by atoms with van der Waals surface area (Å²) in [6.07, 6.45) is 4.39. The molecule has 1 aliphatic heterocycles. The number of hydrogen-bond acceptors (Lipinski definition) is 4. The molecule has 1 saturated heterocycles. The van der Waals surface area contributed by atoms with Crippen molar-refractivity contribution in [1.82, 2.24) is 9.97 Å². The number of aromatic nitrogens is 2. The van der Waals surface area contributed by atoms with Crippen LogP contribution in [0.1, 0.15) is 51.3 Å². The lowest BCUT2D eigenvalue weighted by atomic mass is 9.99. The lowest BCUT2D eigenvalue weighted by Crippen LogP contribution is -2.40. The van der Waals surface area contributed by atoms with Crippen LogP contribution in [0.5, 0.6) is 0 Å². The third-order valence-corrected chi connectivity index (χ3v) is 4.01. The van der Waals surface area contributed by atoms with Gasteiger partial charge in [-0.25, -0.2) is 9.97 Å². The highest BCUT2D eigenvalue weighted by molar-refractivity contribution is 9.10. The molecular formula is C14H22BrN3O. The van der Waals surface area contributed by atoms with Crippen LogP contribution in [0.25, 0.3) is 0 Å². The van der Waals surface area contributed by atoms with Crippen LogP contribution in [0.4, 0.5) is 5.82 Å². The van der Waals surface area contributed by atoms with E-state index in [9.17, 15) is 5.11 Å². The van der Waals surface area contributed by atoms with E-state index in [-0.39, 0.29) is 6.61 Å². The zero-order valence-corrected chi connectivity index (χ0v) is 13.2. The Balaban J connectivity index is 2.27. The second-order valence-corrected chi connectivity index (χ2v) is 6.23. The van der Waals surface area contributed by atoms with Gasteiger partial charge in [-0.2, -0.15) is 0 Å². The van der Waals surface area contributed by atoms with Gasteiger partial charge in [-0.1, -0.05) is 13.8 Å². The molecule has 0 saturated carbocycles. The lowest BCUT2D eigenvalue weighted by molar-refractivity contribution is 0.262. The molecule has 0 aliphatic carbocycles. The van der Waals surface area contributed by atoms with E-state index in [1.807, 2.05) is 6.07 Å². The first-order valence-electron chi connectivity index (χ1n) is 7.03. The van der Waals surface area contributed by atoms with E-state index in [2.05, 4.69) is 39.7 Å². The fourth-order valence-electron chi connectivity index (χ4n) is 2.58. The van der Waals surface area contributed by atoms with Crippen molar-refractivity contribution in [3.63, 3.8) is 0 Å². The van der Waals surface area contributed by atoms with E-state index in [1.165, 1.54) is 12.8 Å². The van der Waals surface area contributed by atoms with Crippen LogP contribution in [0.2, 0.25) is 0 Å². The molecule has 1 aliphatic rings. The lowest BCUT2D eigenvalue weighted by Gasteiger charge is -2.36. The third kappa shape index (κ3) is 3.66. The standard InChI is InChI=1S/C14H22BrN3O/c1-10(2)14-16-12(15)9-13(17-14)18-7-4-3-5-11(18)6-8-19/h9-11,19H,3-8H2,1-2H3. The summed E-state index contributed by atoms with van der Waals surface area (Å²) < 4.78 is 0.842. The number of nitrogens with zero attached hydrogens (tertiary/aromatic N) is 3. The van der Waals surface area contributed by atoms with Crippen molar-refractivity contribution in [3.05, 3.63) is 16.5 Å². The number of hydrogen-bond donors (Lipinski definition) is 1. The molecule has 2 rings (SSSR count). The molecule has 1 fully saturated rings. The highest BCUT2D eigenvalue weighted by Gasteiger charge is 2.24. The van der Waals surface area contributed by atoms with E-state index in [0.29, 0.717) is 12.0 Å². The van der Waals surface area contributed by atoms with Gasteiger partial charge in [0, 0.05) is 31.2 Å². The average molecular weight is 328 g/mol. The minimum atomic E-state index is 0.241. The zero-order valence-electron chi connectivity index (χ0n) is 11.6. The second-order valence-electron chi connectivity index (χ2n) is 5.42. The third-order valence-electron chi connectivity index (χ3n) is 3.60. The molecule has 19 heavy (non-hydrogen) atoms. The topological polar surface area (TPSA) is 49.2 Å². The summed E-state index contributed by atoms with van der Waals surface area (Å²) in [7, 11) is 0. The molecule has 4 nitrogen and oxygen atoms in total. The fourth-order valence-corrected chi connectivity index (χ4v) is 2.97. The second kappa shape index (κ2) is 6.66. The van der Waals surface area contributed by atoms with Crippen LogP contribution >= 0.6 is 15.9 Å². The van der Waals surface area contributed by atoms with Gasteiger partial charge in [0.1, 0.15) is 16.2 Å². The van der Waals surface area contributed by atoms with Crippen LogP contribution in [-0.4, -0.2) is 34.3 Å². The summed E-state index contributed by atoms with van der Waals surface area (Å²) in [5.41, 5.74) is 0. The Kier molecular flexibility index (Phi) is 5.16. The normalized spacial score (nSPS) is 20.1. The molecule has 1 aromatic rings. The van der Waals surface area contributed by atoms with Crippen LogP contribution in [0, 0.1) is 0 Å². The molecule has 2 heterocycles. The number of rotatable bonds is 4. The van der Waals surface area contributed by atoms with Gasteiger partial charge in [-0.15, -0.1) is 0 Å². The van der Waals surface area contributed by atoms with Gasteiger partial charge < -0.3 is 10.0 Å². The maximum Gasteiger partial charge on any atom is 0.134 e. The van der Waals surface area contributed by atoms with Crippen molar-refractivity contribution in [2.24, 2.45) is 0 Å². The largest absolute Gasteiger partial charge is 0.396 e. The minimum Gasteiger partial charge on any atom is -0.396 e. The van der Waals surface area contributed by atoms with Crippen molar-refractivity contribution in [2.75, 3.05) is 18.1 Å². The Morgan fingerprint density at radius 3 is 2.89 bits per heavy atom. The zero-order chi connectivity index (χ0) is 13.8. The number of piperidine rings is 1. The smallest absolute Gasteiger partial charge is 0.134 e. The molecule has 0 radical (unpaired) electrons. The molecule has 0 spiro atoms. The summed E-state index contributed by atoms with van der Waals surface area (Å²) in [4.78, 5) is 11.5. The van der Waals surface area contributed by atoms with E-state index in [4.69, 9.17) is 4.98 Å². The quantitative estimate of drug-likeness (QED) is 0.863. The molecule has 1 unspecified atom stereocenters. The highest BCUT2D eigenvalue weighted by atomic mass is 79.9. The first-order valence-corrected chi connectivity index (χ1v) is 7.83. The molecular weight excluding hydrogens is 306 g/mol. The maximum atomic E-state index is 9.21. The fraction of sp³-hybridized carbons (Fsp3) is 0.714. The molecule has 106 valence electrons. The monoisotopic (exact) mass is 327 g/mol. The summed E-state index contributed by atoms with van der Waals surface area (Å²) in [6.45, 7) is 5.47. The van der Waals surface area contributed by atoms with Gasteiger partial charge in [-0.3, -0.25) is 0 Å². The van der Waals surface area contributed by atoms with Crippen molar-refractivity contribution in [1.29, 1.82) is 0 Å². The Hall–Kier alpha value is -0.680. The molecule has 5 heteroatoms. The molecule has 1 aromatic heterocycles. The van der Waals surface area contributed by atoms with Gasteiger partial charge in [0.2, 0.25) is 0 Å². The van der Waals surface area contributed by atoms with Crippen molar-refractivity contribution in [2.45, 2.75) is 51.5 Å². The highest BCUT2D eigenvalue weighted by Crippen LogP contribution is 2.27. The first kappa shape index (κ1) is 14.7. The molecule has 0 aromatic carbocycles. The van der Waals surface area contributed by atoms with Crippen molar-refractivity contribution >= 4 is 21.7 Å². The maximum absolute atomic E-state index is 9.21. The molecule has 0 bridgehead atoms. The van der Waals surface area contributed by atoms with Crippen LogP contribution in [0.3, 0.4) is 0 Å². The van der Waals surface area contributed by atoms with E-state index >= 15 is 0 Å². The summed E-state index contributed by atoms with van der Waals surface area (Å²) in [5, 5.41) is 9.21. The van der Waals surface area contributed by atoms with E-state index in [0.717, 1.165) is 35.6 Å². The average Bonchev–Trinajstić information content (AvgIpc) is 2.39. The van der Waals surface area contributed by atoms with Crippen LogP contribution in [0.15, 0.2) is 10.7 Å². The van der Waals surface area contributed by atoms with Crippen molar-refractivity contribution < 1.29 is 5.11 Å². The summed E-state index contributed by atoms with van der Waals surface area (Å²) in [6, 6.07) is 2.39. The first-order chi connectivity index (χ1) is 9.11. The predicted octanol–water partition coefficient (Wildman–Crippen LogP) is 3.10. The molecule has 0 amide bonds. The van der Waals surface area contributed by atoms with E-state index in [1.54, 1.807) is 0 Å². The minimum absolute atomic E-state index is 0.241. The van der Waals surface area contributed by atoms with Gasteiger partial charge in [0.15, 0.2) is 0 Å². The van der Waals surface area contributed by atoms with Crippen LogP contribution in [-0.2, 0) is 0 Å². The van der Waals surface area contributed by atoms with Gasteiger partial charge in [-0.05, 0) is 41.6 Å². The van der Waals surface area contributed by atoms with Gasteiger partial charge in [0.05, 0.1) is 0 Å². The number of anilines is 1. The summed E-state index contributed by atoms with van der Waals surface area (Å²) >= 11 is 3.48. The van der Waals surface area contributed by atoms with Crippen LogP contribution < -0.4 is 4.90 Å². The van der Waals surface area contributed by atoms with Gasteiger partial charge in [0.25, 0.3) is 0 Å². The summed E-state index contributed by atoms with van der Waals surface area (Å²) in [5.74, 6) is 2.18. The van der Waals surface area contributed by atoms with Gasteiger partial charge >= 0.3 is 0 Å². The van der Waals surface area contributed by atoms with E-state index < -0.39 is 0 Å². The molecule has 1 N–H and O–H groups in total. The number of halogens is 1. The SMILES string of the molecule is CC(C)c1nc(Br)cc(N2CCCCC2CCO)n1. The van der Waals surface area contributed by atoms with Crippen molar-refractivity contribution in [3.8, 4) is 0 Å². The Labute approximate surface area is 123 Å². The number of aliphatic hydroxyl groups is 1. The number of aliphatic hydroxyl groups excluding tert-OH is 1. The molecule has 1 atom stereocenters. The Morgan fingerprint density at radius 2 is 2.21 bits per heavy atom.